The zero-order valence-electron chi connectivity index (χ0n) is 9.68. The van der Waals surface area contributed by atoms with Crippen molar-refractivity contribution in [3.05, 3.63) is 35.6 Å². The maximum atomic E-state index is 13.7. The number of amides is 2. The van der Waals surface area contributed by atoms with Crippen LogP contribution in [0.25, 0.3) is 0 Å². The van der Waals surface area contributed by atoms with Gasteiger partial charge in [0.2, 0.25) is 0 Å². The Balaban J connectivity index is 2.37. The number of rotatable bonds is 1. The topological polar surface area (TPSA) is 40.6 Å². The van der Waals surface area contributed by atoms with Gasteiger partial charge in [-0.05, 0) is 6.07 Å². The van der Waals surface area contributed by atoms with Crippen LogP contribution in [-0.4, -0.2) is 42.3 Å². The molecule has 2 amide bonds. The average molecular weight is 236 g/mol. The van der Waals surface area contributed by atoms with Gasteiger partial charge in [0, 0.05) is 26.2 Å². The lowest BCUT2D eigenvalue weighted by molar-refractivity contribution is -0.156. The molecule has 90 valence electrons. The molecule has 1 aromatic rings. The number of hydrogen-bond acceptors (Lipinski definition) is 2. The quantitative estimate of drug-likeness (QED) is 0.677. The molecule has 1 heterocycles. The number of piperazine rings is 1. The minimum Gasteiger partial charge on any atom is -0.335 e. The molecule has 1 fully saturated rings. The van der Waals surface area contributed by atoms with Crippen LogP contribution in [0, 0.1) is 5.82 Å². The molecule has 0 aromatic heterocycles. The van der Waals surface area contributed by atoms with Crippen LogP contribution in [0.1, 0.15) is 11.6 Å². The van der Waals surface area contributed by atoms with Gasteiger partial charge in [-0.2, -0.15) is 0 Å². The fourth-order valence-electron chi connectivity index (χ4n) is 1.97. The number of nitrogens with zero attached hydrogens (tertiary/aromatic N) is 2. The molecule has 5 heteroatoms. The second-order valence-corrected chi connectivity index (χ2v) is 4.14. The second kappa shape index (κ2) is 4.16. The number of likely N-dealkylation sites (N-methyl/N-ethyl adjacent to an activating group) is 2. The Morgan fingerprint density at radius 2 is 1.82 bits per heavy atom. The van der Waals surface area contributed by atoms with E-state index in [0.29, 0.717) is 12.1 Å². The molecule has 0 N–H and O–H groups in total. The monoisotopic (exact) mass is 236 g/mol. The molecular formula is C12H13FN2O2. The van der Waals surface area contributed by atoms with Gasteiger partial charge in [0.25, 0.3) is 0 Å². The normalized spacial score (nSPS) is 21.0. The number of carbonyl (C=O) groups excluding carboxylic acids is 2. The summed E-state index contributed by atoms with van der Waals surface area (Å²) in [6, 6.07) is 5.87. The maximum Gasteiger partial charge on any atom is 0.312 e. The minimum absolute atomic E-state index is 0.308. The molecule has 2 rings (SSSR count). The summed E-state index contributed by atoms with van der Waals surface area (Å²) in [5, 5.41) is 0. The third kappa shape index (κ3) is 1.88. The number of benzene rings is 1. The number of halogens is 1. The van der Waals surface area contributed by atoms with Gasteiger partial charge in [0.1, 0.15) is 5.82 Å². The van der Waals surface area contributed by atoms with Crippen LogP contribution in [0.2, 0.25) is 0 Å². The molecule has 0 aliphatic carbocycles. The van der Waals surface area contributed by atoms with Gasteiger partial charge in [-0.25, -0.2) is 4.39 Å². The van der Waals surface area contributed by atoms with Crippen LogP contribution in [0.4, 0.5) is 4.39 Å². The molecule has 0 saturated carbocycles. The molecule has 0 bridgehead atoms. The zero-order valence-corrected chi connectivity index (χ0v) is 9.68. The van der Waals surface area contributed by atoms with Crippen molar-refractivity contribution in [3.63, 3.8) is 0 Å². The van der Waals surface area contributed by atoms with Gasteiger partial charge in [0.05, 0.1) is 6.04 Å². The molecule has 1 unspecified atom stereocenters. The Kier molecular flexibility index (Phi) is 2.83. The van der Waals surface area contributed by atoms with Crippen molar-refractivity contribution in [2.24, 2.45) is 0 Å². The van der Waals surface area contributed by atoms with Gasteiger partial charge in [-0.3, -0.25) is 9.59 Å². The molecule has 1 aromatic carbocycles. The average Bonchev–Trinajstić information content (AvgIpc) is 2.32. The van der Waals surface area contributed by atoms with E-state index in [2.05, 4.69) is 0 Å². The molecule has 1 saturated heterocycles. The SMILES string of the molecule is CN1CC(c2ccccc2F)N(C)C(=O)C1=O. The summed E-state index contributed by atoms with van der Waals surface area (Å²) < 4.78 is 13.7. The molecule has 0 spiro atoms. The van der Waals surface area contributed by atoms with Crippen LogP contribution in [0.3, 0.4) is 0 Å². The molecular weight excluding hydrogens is 223 g/mol. The van der Waals surface area contributed by atoms with Gasteiger partial charge in [-0.15, -0.1) is 0 Å². The third-order valence-electron chi connectivity index (χ3n) is 3.03. The maximum absolute atomic E-state index is 13.7. The van der Waals surface area contributed by atoms with Gasteiger partial charge in [-0.1, -0.05) is 18.2 Å². The van der Waals surface area contributed by atoms with E-state index in [9.17, 15) is 14.0 Å². The van der Waals surface area contributed by atoms with E-state index in [1.807, 2.05) is 0 Å². The highest BCUT2D eigenvalue weighted by Crippen LogP contribution is 2.26. The van der Waals surface area contributed by atoms with Crippen molar-refractivity contribution < 1.29 is 14.0 Å². The first-order valence-corrected chi connectivity index (χ1v) is 5.29. The first kappa shape index (κ1) is 11.6. The summed E-state index contributed by atoms with van der Waals surface area (Å²) in [5.41, 5.74) is 0.433. The summed E-state index contributed by atoms with van der Waals surface area (Å²) in [6.07, 6.45) is 0. The van der Waals surface area contributed by atoms with Crippen LogP contribution in [0.15, 0.2) is 24.3 Å². The highest BCUT2D eigenvalue weighted by atomic mass is 19.1. The predicted octanol–water partition coefficient (Wildman–Crippen LogP) is 0.797. The van der Waals surface area contributed by atoms with Crippen molar-refractivity contribution in [1.82, 2.24) is 9.80 Å². The Morgan fingerprint density at radius 1 is 1.18 bits per heavy atom. The lowest BCUT2D eigenvalue weighted by Crippen LogP contribution is -2.52. The van der Waals surface area contributed by atoms with Crippen molar-refractivity contribution in [2.75, 3.05) is 20.6 Å². The largest absolute Gasteiger partial charge is 0.335 e. The van der Waals surface area contributed by atoms with E-state index >= 15 is 0 Å². The van der Waals surface area contributed by atoms with Crippen LogP contribution in [0.5, 0.6) is 0 Å². The molecule has 1 aliphatic heterocycles. The van der Waals surface area contributed by atoms with E-state index < -0.39 is 17.9 Å². The fourth-order valence-corrected chi connectivity index (χ4v) is 1.97. The molecule has 17 heavy (non-hydrogen) atoms. The van der Waals surface area contributed by atoms with E-state index in [-0.39, 0.29) is 5.82 Å². The van der Waals surface area contributed by atoms with Crippen LogP contribution in [-0.2, 0) is 9.59 Å². The first-order valence-electron chi connectivity index (χ1n) is 5.29. The molecule has 4 nitrogen and oxygen atoms in total. The lowest BCUT2D eigenvalue weighted by Gasteiger charge is -2.37. The second-order valence-electron chi connectivity index (χ2n) is 4.14. The summed E-state index contributed by atoms with van der Waals surface area (Å²) in [4.78, 5) is 25.7. The molecule has 1 atom stereocenters. The van der Waals surface area contributed by atoms with E-state index in [1.54, 1.807) is 25.2 Å². The van der Waals surface area contributed by atoms with E-state index in [1.165, 1.54) is 22.9 Å². The van der Waals surface area contributed by atoms with Crippen molar-refractivity contribution >= 4 is 11.8 Å². The predicted molar refractivity (Wildman–Crippen MR) is 59.5 cm³/mol. The van der Waals surface area contributed by atoms with Gasteiger partial charge >= 0.3 is 11.8 Å². The highest BCUT2D eigenvalue weighted by Gasteiger charge is 2.36. The van der Waals surface area contributed by atoms with Gasteiger partial charge < -0.3 is 9.80 Å². The van der Waals surface area contributed by atoms with E-state index in [0.717, 1.165) is 0 Å². The fraction of sp³-hybridized carbons (Fsp3) is 0.333. The first-order chi connectivity index (χ1) is 8.02. The van der Waals surface area contributed by atoms with Crippen LogP contribution >= 0.6 is 0 Å². The minimum atomic E-state index is -0.605. The lowest BCUT2D eigenvalue weighted by atomic mass is 10.0. The summed E-state index contributed by atoms with van der Waals surface area (Å²) in [7, 11) is 3.06. The highest BCUT2D eigenvalue weighted by molar-refractivity contribution is 6.35. The number of carbonyl (C=O) groups is 2. The third-order valence-corrected chi connectivity index (χ3v) is 3.03. The Morgan fingerprint density at radius 3 is 2.47 bits per heavy atom. The Bertz CT molecular complexity index is 475. The Labute approximate surface area is 98.6 Å². The summed E-state index contributed by atoms with van der Waals surface area (Å²) >= 11 is 0. The standard InChI is InChI=1S/C12H13FN2O2/c1-14-7-10(15(2)12(17)11(14)16)8-5-3-4-6-9(8)13/h3-6,10H,7H2,1-2H3. The van der Waals surface area contributed by atoms with E-state index in [4.69, 9.17) is 0 Å². The summed E-state index contributed by atoms with van der Waals surface area (Å²) in [5.74, 6) is -1.52. The smallest absolute Gasteiger partial charge is 0.312 e. The summed E-state index contributed by atoms with van der Waals surface area (Å²) in [6.45, 7) is 0.308. The van der Waals surface area contributed by atoms with Crippen molar-refractivity contribution in [1.29, 1.82) is 0 Å². The van der Waals surface area contributed by atoms with Crippen LogP contribution < -0.4 is 0 Å². The van der Waals surface area contributed by atoms with Gasteiger partial charge in [0.15, 0.2) is 0 Å². The Hall–Kier alpha value is -1.91. The van der Waals surface area contributed by atoms with Crippen molar-refractivity contribution in [3.8, 4) is 0 Å². The zero-order chi connectivity index (χ0) is 12.6. The molecule has 1 aliphatic rings. The number of hydrogen-bond donors (Lipinski definition) is 0. The molecule has 0 radical (unpaired) electrons. The van der Waals surface area contributed by atoms with Crippen molar-refractivity contribution in [2.45, 2.75) is 6.04 Å².